The zero-order chi connectivity index (χ0) is 17.6. The first-order valence-corrected chi connectivity index (χ1v) is 9.01. The topological polar surface area (TPSA) is 51.9 Å². The van der Waals surface area contributed by atoms with Crippen molar-refractivity contribution >= 4 is 6.09 Å². The summed E-state index contributed by atoms with van der Waals surface area (Å²) >= 11 is 0. The Morgan fingerprint density at radius 1 is 1.42 bits per heavy atom. The summed E-state index contributed by atoms with van der Waals surface area (Å²) in [4.78, 5) is 14.3. The summed E-state index contributed by atoms with van der Waals surface area (Å²) in [5, 5.41) is 0. The van der Waals surface area contributed by atoms with Crippen LogP contribution in [0.15, 0.2) is 22.8 Å². The highest BCUT2D eigenvalue weighted by atomic mass is 16.6. The van der Waals surface area contributed by atoms with E-state index in [4.69, 9.17) is 13.9 Å². The van der Waals surface area contributed by atoms with Gasteiger partial charge in [-0.2, -0.15) is 0 Å². The molecule has 1 saturated heterocycles. The molecule has 1 aromatic heterocycles. The van der Waals surface area contributed by atoms with Crippen LogP contribution in [0.4, 0.5) is 4.79 Å². The van der Waals surface area contributed by atoms with Crippen LogP contribution in [0.1, 0.15) is 71.7 Å². The van der Waals surface area contributed by atoms with Crippen molar-refractivity contribution in [3.8, 4) is 0 Å². The van der Waals surface area contributed by atoms with E-state index in [1.807, 2.05) is 44.7 Å². The fourth-order valence-electron chi connectivity index (χ4n) is 3.05. The van der Waals surface area contributed by atoms with Gasteiger partial charge in [0.2, 0.25) is 0 Å². The second kappa shape index (κ2) is 8.56. The number of hydrogen-bond donors (Lipinski definition) is 0. The van der Waals surface area contributed by atoms with E-state index in [1.165, 1.54) is 6.42 Å². The van der Waals surface area contributed by atoms with Crippen LogP contribution in [-0.2, 0) is 9.47 Å². The summed E-state index contributed by atoms with van der Waals surface area (Å²) in [6.45, 7) is 9.19. The van der Waals surface area contributed by atoms with Crippen molar-refractivity contribution in [2.24, 2.45) is 0 Å². The molecular formula is C19H31NO4. The molecule has 1 aromatic rings. The average molecular weight is 337 g/mol. The first kappa shape index (κ1) is 18.8. The number of carbonyl (C=O) groups is 1. The Morgan fingerprint density at radius 3 is 2.88 bits per heavy atom. The summed E-state index contributed by atoms with van der Waals surface area (Å²) in [5.74, 6) is 0.850. The van der Waals surface area contributed by atoms with Crippen LogP contribution in [-0.4, -0.2) is 35.8 Å². The maximum atomic E-state index is 12.4. The molecule has 0 N–H and O–H groups in total. The number of likely N-dealkylation sites (tertiary alicyclic amines) is 1. The van der Waals surface area contributed by atoms with Crippen LogP contribution in [0.5, 0.6) is 0 Å². The minimum Gasteiger partial charge on any atom is -0.467 e. The Bertz CT molecular complexity index is 492. The standard InChI is InChI=1S/C19H31NO4/c1-15(17-11-8-14-23-17)22-13-7-10-16-9-5-6-12-20(16)18(21)24-19(2,3)4/h8,11,14-16H,5-7,9-10,12-13H2,1-4H3/t15-,16-/m1/s1. The Hall–Kier alpha value is -1.49. The molecule has 0 saturated carbocycles. The molecule has 0 aliphatic carbocycles. The van der Waals surface area contributed by atoms with Crippen molar-refractivity contribution in [3.63, 3.8) is 0 Å². The number of piperidine rings is 1. The summed E-state index contributed by atoms with van der Waals surface area (Å²) < 4.78 is 16.7. The van der Waals surface area contributed by atoms with Crippen LogP contribution >= 0.6 is 0 Å². The predicted octanol–water partition coefficient (Wildman–Crippen LogP) is 4.93. The molecule has 24 heavy (non-hydrogen) atoms. The van der Waals surface area contributed by atoms with Crippen LogP contribution in [0.2, 0.25) is 0 Å². The van der Waals surface area contributed by atoms with Gasteiger partial charge in [0.15, 0.2) is 0 Å². The predicted molar refractivity (Wildman–Crippen MR) is 92.9 cm³/mol. The number of carbonyl (C=O) groups excluding carboxylic acids is 1. The van der Waals surface area contributed by atoms with E-state index >= 15 is 0 Å². The van der Waals surface area contributed by atoms with Gasteiger partial charge in [0.25, 0.3) is 0 Å². The first-order chi connectivity index (χ1) is 11.4. The van der Waals surface area contributed by atoms with Crippen molar-refractivity contribution in [2.75, 3.05) is 13.2 Å². The Morgan fingerprint density at radius 2 is 2.21 bits per heavy atom. The Balaban J connectivity index is 1.75. The van der Waals surface area contributed by atoms with E-state index in [1.54, 1.807) is 6.26 Å². The Labute approximate surface area is 145 Å². The highest BCUT2D eigenvalue weighted by Gasteiger charge is 2.30. The summed E-state index contributed by atoms with van der Waals surface area (Å²) in [6, 6.07) is 4.06. The molecule has 136 valence electrons. The molecule has 1 fully saturated rings. The molecule has 0 bridgehead atoms. The van der Waals surface area contributed by atoms with Gasteiger partial charge in [-0.15, -0.1) is 0 Å². The average Bonchev–Trinajstić information content (AvgIpc) is 3.04. The van der Waals surface area contributed by atoms with Gasteiger partial charge in [0.1, 0.15) is 17.5 Å². The van der Waals surface area contributed by atoms with E-state index in [0.29, 0.717) is 6.61 Å². The minimum atomic E-state index is -0.444. The second-order valence-corrected chi connectivity index (χ2v) is 7.49. The van der Waals surface area contributed by atoms with Gasteiger partial charge in [-0.25, -0.2) is 4.79 Å². The SMILES string of the molecule is C[C@@H](OCCC[C@H]1CCCCN1C(=O)OC(C)(C)C)c1ccco1. The molecule has 1 aliphatic rings. The number of hydrogen-bond acceptors (Lipinski definition) is 4. The highest BCUT2D eigenvalue weighted by molar-refractivity contribution is 5.68. The van der Waals surface area contributed by atoms with Crippen molar-refractivity contribution < 1.29 is 18.7 Å². The van der Waals surface area contributed by atoms with E-state index in [2.05, 4.69) is 0 Å². The number of furan rings is 1. The van der Waals surface area contributed by atoms with E-state index in [0.717, 1.165) is 38.0 Å². The van der Waals surface area contributed by atoms with Crippen molar-refractivity contribution in [3.05, 3.63) is 24.2 Å². The summed E-state index contributed by atoms with van der Waals surface area (Å²) in [5.41, 5.74) is -0.444. The van der Waals surface area contributed by atoms with Crippen LogP contribution < -0.4 is 0 Å². The van der Waals surface area contributed by atoms with E-state index in [-0.39, 0.29) is 18.2 Å². The zero-order valence-corrected chi connectivity index (χ0v) is 15.4. The molecule has 2 heterocycles. The highest BCUT2D eigenvalue weighted by Crippen LogP contribution is 2.24. The summed E-state index contributed by atoms with van der Waals surface area (Å²) in [7, 11) is 0. The monoisotopic (exact) mass is 337 g/mol. The van der Waals surface area contributed by atoms with E-state index in [9.17, 15) is 4.79 Å². The molecule has 1 amide bonds. The van der Waals surface area contributed by atoms with Crippen LogP contribution in [0.25, 0.3) is 0 Å². The van der Waals surface area contributed by atoms with Gasteiger partial charge in [0, 0.05) is 19.2 Å². The van der Waals surface area contributed by atoms with Gasteiger partial charge in [0.05, 0.1) is 6.26 Å². The number of rotatable bonds is 6. The normalized spacial score (nSPS) is 20.0. The lowest BCUT2D eigenvalue weighted by Gasteiger charge is -2.36. The van der Waals surface area contributed by atoms with E-state index < -0.39 is 5.60 Å². The quantitative estimate of drug-likeness (QED) is 0.691. The van der Waals surface area contributed by atoms with Gasteiger partial charge in [-0.1, -0.05) is 0 Å². The minimum absolute atomic E-state index is 0.0340. The molecule has 0 aromatic carbocycles. The Kier molecular flexibility index (Phi) is 6.72. The summed E-state index contributed by atoms with van der Waals surface area (Å²) in [6.07, 6.45) is 6.60. The zero-order valence-electron chi connectivity index (χ0n) is 15.4. The molecule has 5 nitrogen and oxygen atoms in total. The number of ether oxygens (including phenoxy) is 2. The largest absolute Gasteiger partial charge is 0.467 e. The van der Waals surface area contributed by atoms with Crippen LogP contribution in [0.3, 0.4) is 0 Å². The molecule has 2 rings (SSSR count). The number of nitrogens with zero attached hydrogens (tertiary/aromatic N) is 1. The van der Waals surface area contributed by atoms with Crippen molar-refractivity contribution in [1.82, 2.24) is 4.90 Å². The molecule has 5 heteroatoms. The lowest BCUT2D eigenvalue weighted by Crippen LogP contribution is -2.46. The maximum absolute atomic E-state index is 12.4. The van der Waals surface area contributed by atoms with Crippen molar-refractivity contribution in [2.45, 2.75) is 77.5 Å². The molecule has 0 spiro atoms. The molecule has 2 atom stereocenters. The lowest BCUT2D eigenvalue weighted by atomic mass is 9.98. The second-order valence-electron chi connectivity index (χ2n) is 7.49. The fourth-order valence-corrected chi connectivity index (χ4v) is 3.05. The van der Waals surface area contributed by atoms with Gasteiger partial charge in [-0.3, -0.25) is 0 Å². The molecule has 0 unspecified atom stereocenters. The first-order valence-electron chi connectivity index (χ1n) is 9.01. The third-order valence-electron chi connectivity index (χ3n) is 4.25. The van der Waals surface area contributed by atoms with Gasteiger partial charge < -0.3 is 18.8 Å². The van der Waals surface area contributed by atoms with Gasteiger partial charge >= 0.3 is 6.09 Å². The smallest absolute Gasteiger partial charge is 0.410 e. The molecule has 0 radical (unpaired) electrons. The fraction of sp³-hybridized carbons (Fsp3) is 0.737. The van der Waals surface area contributed by atoms with Gasteiger partial charge in [-0.05, 0) is 71.9 Å². The number of amides is 1. The molecule has 1 aliphatic heterocycles. The van der Waals surface area contributed by atoms with Crippen LogP contribution in [0, 0.1) is 0 Å². The lowest BCUT2D eigenvalue weighted by molar-refractivity contribution is 0.00521. The molecular weight excluding hydrogens is 306 g/mol. The van der Waals surface area contributed by atoms with Crippen molar-refractivity contribution in [1.29, 1.82) is 0 Å². The third-order valence-corrected chi connectivity index (χ3v) is 4.25. The third kappa shape index (κ3) is 5.86. The maximum Gasteiger partial charge on any atom is 0.410 e.